The zero-order chi connectivity index (χ0) is 14.8. The largest absolute Gasteiger partial charge is 0.376 e. The van der Waals surface area contributed by atoms with E-state index in [1.165, 1.54) is 6.07 Å². The fourth-order valence-electron chi connectivity index (χ4n) is 2.46. The molecule has 1 atom stereocenters. The molecule has 0 fully saturated rings. The fourth-order valence-corrected chi connectivity index (χ4v) is 2.46. The molecule has 2 N–H and O–H groups in total. The molecule has 21 heavy (non-hydrogen) atoms. The lowest BCUT2D eigenvalue weighted by molar-refractivity contribution is -0.116. The molecule has 0 saturated carbocycles. The van der Waals surface area contributed by atoms with Gasteiger partial charge in [0.25, 0.3) is 0 Å². The molecule has 1 aliphatic rings. The molecule has 5 heteroatoms. The zero-order valence-electron chi connectivity index (χ0n) is 11.7. The molecule has 0 saturated heterocycles. The maximum atomic E-state index is 14.2. The van der Waals surface area contributed by atoms with E-state index in [4.69, 9.17) is 0 Å². The standard InChI is InChI=1S/C16H16FN3O/c1-10(12-3-2-6-18-9-12)19-15-8-14-11(7-13(15)17)4-5-16(21)20-14/h2-3,6-10,19H,4-5H2,1H3,(H,20,21). The molecule has 4 nitrogen and oxygen atoms in total. The topological polar surface area (TPSA) is 54.0 Å². The van der Waals surface area contributed by atoms with Crippen LogP contribution in [0.4, 0.5) is 15.8 Å². The Morgan fingerprint density at radius 2 is 2.24 bits per heavy atom. The average molecular weight is 285 g/mol. The lowest BCUT2D eigenvalue weighted by atomic mass is 10.0. The molecule has 2 aromatic rings. The first kappa shape index (κ1) is 13.5. The minimum Gasteiger partial charge on any atom is -0.376 e. The first-order chi connectivity index (χ1) is 10.1. The van der Waals surface area contributed by atoms with Crippen LogP contribution in [-0.2, 0) is 11.2 Å². The van der Waals surface area contributed by atoms with Crippen molar-refractivity contribution in [1.82, 2.24) is 4.98 Å². The van der Waals surface area contributed by atoms with Gasteiger partial charge >= 0.3 is 0 Å². The number of fused-ring (bicyclic) bond motifs is 1. The van der Waals surface area contributed by atoms with Gasteiger partial charge in [-0.15, -0.1) is 0 Å². The van der Waals surface area contributed by atoms with E-state index in [1.807, 2.05) is 19.1 Å². The van der Waals surface area contributed by atoms with E-state index in [9.17, 15) is 9.18 Å². The second-order valence-electron chi connectivity index (χ2n) is 5.19. The summed E-state index contributed by atoms with van der Waals surface area (Å²) in [6.07, 6.45) is 4.43. The van der Waals surface area contributed by atoms with Crippen LogP contribution < -0.4 is 10.6 Å². The summed E-state index contributed by atoms with van der Waals surface area (Å²) in [5.41, 5.74) is 2.88. The van der Waals surface area contributed by atoms with Gasteiger partial charge in [-0.2, -0.15) is 0 Å². The van der Waals surface area contributed by atoms with E-state index in [0.29, 0.717) is 24.2 Å². The summed E-state index contributed by atoms with van der Waals surface area (Å²) in [5.74, 6) is -0.332. The van der Waals surface area contributed by atoms with Gasteiger partial charge in [0.2, 0.25) is 5.91 Å². The summed E-state index contributed by atoms with van der Waals surface area (Å²) in [5, 5.41) is 5.91. The Labute approximate surface area is 122 Å². The van der Waals surface area contributed by atoms with Crippen molar-refractivity contribution in [3.8, 4) is 0 Å². The van der Waals surface area contributed by atoms with E-state index in [1.54, 1.807) is 18.5 Å². The summed E-state index contributed by atoms with van der Waals surface area (Å²) in [6, 6.07) is 6.85. The first-order valence-electron chi connectivity index (χ1n) is 6.92. The van der Waals surface area contributed by atoms with Crippen molar-refractivity contribution in [3.05, 3.63) is 53.6 Å². The van der Waals surface area contributed by atoms with Gasteiger partial charge in [0, 0.05) is 24.5 Å². The van der Waals surface area contributed by atoms with Gasteiger partial charge in [0.1, 0.15) is 5.82 Å². The number of nitrogens with one attached hydrogen (secondary N) is 2. The number of anilines is 2. The van der Waals surface area contributed by atoms with Crippen LogP contribution in [0.15, 0.2) is 36.7 Å². The average Bonchev–Trinajstić information content (AvgIpc) is 2.49. The Morgan fingerprint density at radius 1 is 1.38 bits per heavy atom. The number of rotatable bonds is 3. The molecule has 0 bridgehead atoms. The fraction of sp³-hybridized carbons (Fsp3) is 0.250. The van der Waals surface area contributed by atoms with Crippen LogP contribution in [0.5, 0.6) is 0 Å². The van der Waals surface area contributed by atoms with Gasteiger partial charge in [0.05, 0.1) is 11.7 Å². The highest BCUT2D eigenvalue weighted by Gasteiger charge is 2.18. The van der Waals surface area contributed by atoms with Crippen LogP contribution in [0.1, 0.15) is 30.5 Å². The minimum atomic E-state index is -0.305. The van der Waals surface area contributed by atoms with Crippen molar-refractivity contribution in [3.63, 3.8) is 0 Å². The van der Waals surface area contributed by atoms with E-state index in [-0.39, 0.29) is 17.8 Å². The number of aryl methyl sites for hydroxylation is 1. The SMILES string of the molecule is CC(Nc1cc2c(cc1F)CCC(=O)N2)c1cccnc1. The molecular weight excluding hydrogens is 269 g/mol. The molecule has 108 valence electrons. The van der Waals surface area contributed by atoms with Gasteiger partial charge in [0.15, 0.2) is 0 Å². The molecule has 0 radical (unpaired) electrons. The monoisotopic (exact) mass is 285 g/mol. The maximum Gasteiger partial charge on any atom is 0.224 e. The van der Waals surface area contributed by atoms with Gasteiger partial charge in [-0.05, 0) is 42.7 Å². The number of carbonyl (C=O) groups excluding carboxylic acids is 1. The summed E-state index contributed by atoms with van der Waals surface area (Å²) >= 11 is 0. The van der Waals surface area contributed by atoms with Gasteiger partial charge < -0.3 is 10.6 Å². The lowest BCUT2D eigenvalue weighted by Gasteiger charge is -2.21. The number of amides is 1. The van der Waals surface area contributed by atoms with E-state index in [2.05, 4.69) is 15.6 Å². The highest BCUT2D eigenvalue weighted by atomic mass is 19.1. The zero-order valence-corrected chi connectivity index (χ0v) is 11.7. The second-order valence-corrected chi connectivity index (χ2v) is 5.19. The van der Waals surface area contributed by atoms with Gasteiger partial charge in [-0.25, -0.2) is 4.39 Å². The quantitative estimate of drug-likeness (QED) is 0.910. The smallest absolute Gasteiger partial charge is 0.224 e. The van der Waals surface area contributed by atoms with Crippen LogP contribution in [0.3, 0.4) is 0 Å². The van der Waals surface area contributed by atoms with Crippen molar-refractivity contribution >= 4 is 17.3 Å². The Hall–Kier alpha value is -2.43. The van der Waals surface area contributed by atoms with Crippen LogP contribution >= 0.6 is 0 Å². The van der Waals surface area contributed by atoms with Gasteiger partial charge in [-0.3, -0.25) is 9.78 Å². The predicted molar refractivity (Wildman–Crippen MR) is 79.6 cm³/mol. The minimum absolute atomic E-state index is 0.0274. The lowest BCUT2D eigenvalue weighted by Crippen LogP contribution is -2.19. The molecule has 1 aromatic carbocycles. The molecule has 1 amide bonds. The van der Waals surface area contributed by atoms with Crippen LogP contribution in [0.2, 0.25) is 0 Å². The Morgan fingerprint density at radius 3 is 3.00 bits per heavy atom. The number of nitrogens with zero attached hydrogens (tertiary/aromatic N) is 1. The van der Waals surface area contributed by atoms with Crippen LogP contribution in [0.25, 0.3) is 0 Å². The number of benzene rings is 1. The molecule has 2 heterocycles. The molecule has 1 aromatic heterocycles. The van der Waals surface area contributed by atoms with Crippen LogP contribution in [-0.4, -0.2) is 10.9 Å². The number of aromatic nitrogens is 1. The van der Waals surface area contributed by atoms with E-state index < -0.39 is 0 Å². The van der Waals surface area contributed by atoms with Crippen LogP contribution in [0, 0.1) is 5.82 Å². The normalized spacial score (nSPS) is 15.0. The summed E-state index contributed by atoms with van der Waals surface area (Å²) in [6.45, 7) is 1.94. The number of halogens is 1. The second kappa shape index (κ2) is 5.52. The summed E-state index contributed by atoms with van der Waals surface area (Å²) in [7, 11) is 0. The first-order valence-corrected chi connectivity index (χ1v) is 6.92. The van der Waals surface area contributed by atoms with Crippen molar-refractivity contribution in [2.75, 3.05) is 10.6 Å². The highest BCUT2D eigenvalue weighted by Crippen LogP contribution is 2.30. The third-order valence-electron chi connectivity index (χ3n) is 3.64. The van der Waals surface area contributed by atoms with E-state index >= 15 is 0 Å². The summed E-state index contributed by atoms with van der Waals surface area (Å²) < 4.78 is 14.2. The Kier molecular flexibility index (Phi) is 3.56. The number of hydrogen-bond acceptors (Lipinski definition) is 3. The number of carbonyl (C=O) groups is 1. The van der Waals surface area contributed by atoms with Gasteiger partial charge in [-0.1, -0.05) is 6.07 Å². The molecule has 3 rings (SSSR count). The molecular formula is C16H16FN3O. The maximum absolute atomic E-state index is 14.2. The van der Waals surface area contributed by atoms with Crippen molar-refractivity contribution in [2.24, 2.45) is 0 Å². The molecule has 0 spiro atoms. The molecule has 0 aliphatic carbocycles. The third kappa shape index (κ3) is 2.86. The number of hydrogen-bond donors (Lipinski definition) is 2. The van der Waals surface area contributed by atoms with E-state index in [0.717, 1.165) is 11.1 Å². The molecule has 1 unspecified atom stereocenters. The van der Waals surface area contributed by atoms with Crippen molar-refractivity contribution < 1.29 is 9.18 Å². The number of pyridine rings is 1. The van der Waals surface area contributed by atoms with Crippen molar-refractivity contribution in [2.45, 2.75) is 25.8 Å². The predicted octanol–water partition coefficient (Wildman–Crippen LogP) is 3.28. The Balaban J connectivity index is 1.86. The summed E-state index contributed by atoms with van der Waals surface area (Å²) in [4.78, 5) is 15.5. The van der Waals surface area contributed by atoms with Crippen molar-refractivity contribution in [1.29, 1.82) is 0 Å². The third-order valence-corrected chi connectivity index (χ3v) is 3.64. The Bertz CT molecular complexity index is 673. The molecule has 1 aliphatic heterocycles. The highest BCUT2D eigenvalue weighted by molar-refractivity contribution is 5.94.